The van der Waals surface area contributed by atoms with Gasteiger partial charge in [0.15, 0.2) is 6.61 Å². The molecule has 0 bridgehead atoms. The van der Waals surface area contributed by atoms with Crippen LogP contribution >= 0.6 is 11.6 Å². The fourth-order valence-corrected chi connectivity index (χ4v) is 2.94. The quantitative estimate of drug-likeness (QED) is 0.863. The maximum atomic E-state index is 12.6. The van der Waals surface area contributed by atoms with Crippen molar-refractivity contribution >= 4 is 17.5 Å². The number of ether oxygens (including phenoxy) is 2. The SMILES string of the molecule is Cn1cccc1[C@@H]1COCCN1C(=O)COc1ccccc1Cl. The van der Waals surface area contributed by atoms with Gasteiger partial charge in [0.05, 0.1) is 24.3 Å². The first-order valence-corrected chi connectivity index (χ1v) is 7.90. The highest BCUT2D eigenvalue weighted by atomic mass is 35.5. The number of carbonyl (C=O) groups is 1. The fourth-order valence-electron chi connectivity index (χ4n) is 2.75. The number of halogens is 1. The van der Waals surface area contributed by atoms with Crippen LogP contribution in [-0.2, 0) is 16.6 Å². The molecule has 6 heteroatoms. The van der Waals surface area contributed by atoms with Crippen LogP contribution in [0.1, 0.15) is 11.7 Å². The molecule has 0 saturated carbocycles. The number of carbonyl (C=O) groups excluding carboxylic acids is 1. The van der Waals surface area contributed by atoms with E-state index in [4.69, 9.17) is 21.1 Å². The number of morpholine rings is 1. The molecule has 3 rings (SSSR count). The van der Waals surface area contributed by atoms with Crippen molar-refractivity contribution in [1.29, 1.82) is 0 Å². The van der Waals surface area contributed by atoms with Crippen molar-refractivity contribution in [3.8, 4) is 5.75 Å². The molecule has 1 aromatic heterocycles. The van der Waals surface area contributed by atoms with Gasteiger partial charge >= 0.3 is 0 Å². The van der Waals surface area contributed by atoms with Crippen LogP contribution in [0.4, 0.5) is 0 Å². The fraction of sp³-hybridized carbons (Fsp3) is 0.353. The largest absolute Gasteiger partial charge is 0.482 e. The summed E-state index contributed by atoms with van der Waals surface area (Å²) in [5, 5.41) is 0.501. The molecular weight excluding hydrogens is 316 g/mol. The predicted molar refractivity (Wildman–Crippen MR) is 87.6 cm³/mol. The number of aromatic nitrogens is 1. The third-order valence-corrected chi connectivity index (χ3v) is 4.27. The summed E-state index contributed by atoms with van der Waals surface area (Å²) >= 11 is 6.05. The van der Waals surface area contributed by atoms with Crippen molar-refractivity contribution in [2.24, 2.45) is 7.05 Å². The number of hydrogen-bond acceptors (Lipinski definition) is 3. The first kappa shape index (κ1) is 15.9. The Bertz CT molecular complexity index is 686. The summed E-state index contributed by atoms with van der Waals surface area (Å²) in [6.45, 7) is 1.56. The molecule has 1 fully saturated rings. The summed E-state index contributed by atoms with van der Waals surface area (Å²) in [6, 6.07) is 11.0. The van der Waals surface area contributed by atoms with Gasteiger partial charge in [-0.2, -0.15) is 0 Å². The monoisotopic (exact) mass is 334 g/mol. The summed E-state index contributed by atoms with van der Waals surface area (Å²) in [6.07, 6.45) is 1.97. The average molecular weight is 335 g/mol. The van der Waals surface area contributed by atoms with E-state index in [0.29, 0.717) is 30.5 Å². The molecule has 1 aliphatic rings. The minimum atomic E-state index is -0.0916. The van der Waals surface area contributed by atoms with Gasteiger partial charge in [-0.05, 0) is 24.3 Å². The van der Waals surface area contributed by atoms with Gasteiger partial charge in [-0.25, -0.2) is 0 Å². The topological polar surface area (TPSA) is 43.7 Å². The lowest BCUT2D eigenvalue weighted by Gasteiger charge is -2.35. The van der Waals surface area contributed by atoms with Gasteiger partial charge in [-0.15, -0.1) is 0 Å². The van der Waals surface area contributed by atoms with Crippen LogP contribution in [0, 0.1) is 0 Å². The Morgan fingerprint density at radius 1 is 1.35 bits per heavy atom. The molecule has 0 radical (unpaired) electrons. The first-order valence-electron chi connectivity index (χ1n) is 7.52. The zero-order chi connectivity index (χ0) is 16.2. The Labute approximate surface area is 140 Å². The van der Waals surface area contributed by atoms with Crippen LogP contribution in [0.3, 0.4) is 0 Å². The van der Waals surface area contributed by atoms with Crippen LogP contribution in [0.2, 0.25) is 5.02 Å². The lowest BCUT2D eigenvalue weighted by molar-refractivity contribution is -0.142. The Hall–Kier alpha value is -1.98. The summed E-state index contributed by atoms with van der Waals surface area (Å²) in [7, 11) is 1.97. The highest BCUT2D eigenvalue weighted by molar-refractivity contribution is 6.32. The van der Waals surface area contributed by atoms with Gasteiger partial charge in [0.25, 0.3) is 5.91 Å². The second kappa shape index (κ2) is 7.06. The minimum absolute atomic E-state index is 0.0370. The molecule has 2 heterocycles. The van der Waals surface area contributed by atoms with Crippen molar-refractivity contribution < 1.29 is 14.3 Å². The van der Waals surface area contributed by atoms with Crippen LogP contribution in [0.25, 0.3) is 0 Å². The van der Waals surface area contributed by atoms with Crippen LogP contribution < -0.4 is 4.74 Å². The second-order valence-electron chi connectivity index (χ2n) is 5.44. The standard InChI is InChI=1S/C17H19ClN2O3/c1-19-8-4-6-14(19)15-11-22-10-9-20(15)17(21)12-23-16-7-3-2-5-13(16)18/h2-8,15H,9-12H2,1H3/t15-/m0/s1. The number of aryl methyl sites for hydroxylation is 1. The normalized spacial score (nSPS) is 18.0. The van der Waals surface area contributed by atoms with Crippen molar-refractivity contribution in [3.05, 3.63) is 53.3 Å². The first-order chi connectivity index (χ1) is 11.2. The zero-order valence-electron chi connectivity index (χ0n) is 12.9. The lowest BCUT2D eigenvalue weighted by Crippen LogP contribution is -2.45. The van der Waals surface area contributed by atoms with E-state index in [-0.39, 0.29) is 18.6 Å². The third kappa shape index (κ3) is 3.51. The van der Waals surface area contributed by atoms with E-state index >= 15 is 0 Å². The van der Waals surface area contributed by atoms with Crippen molar-refractivity contribution in [2.45, 2.75) is 6.04 Å². The van der Waals surface area contributed by atoms with Crippen molar-refractivity contribution in [3.63, 3.8) is 0 Å². The molecule has 23 heavy (non-hydrogen) atoms. The Morgan fingerprint density at radius 2 is 2.17 bits per heavy atom. The molecule has 1 amide bonds. The Kier molecular flexibility index (Phi) is 4.88. The molecule has 1 atom stereocenters. The number of amides is 1. The highest BCUT2D eigenvalue weighted by Crippen LogP contribution is 2.26. The maximum absolute atomic E-state index is 12.6. The van der Waals surface area contributed by atoms with E-state index in [1.54, 1.807) is 12.1 Å². The van der Waals surface area contributed by atoms with Crippen LogP contribution in [0.15, 0.2) is 42.6 Å². The lowest BCUT2D eigenvalue weighted by atomic mass is 10.1. The smallest absolute Gasteiger partial charge is 0.261 e. The molecule has 122 valence electrons. The summed E-state index contributed by atoms with van der Waals surface area (Å²) < 4.78 is 13.1. The molecule has 1 aromatic carbocycles. The number of benzene rings is 1. The minimum Gasteiger partial charge on any atom is -0.482 e. The second-order valence-corrected chi connectivity index (χ2v) is 5.85. The summed E-state index contributed by atoms with van der Waals surface area (Å²) in [5.74, 6) is 0.450. The van der Waals surface area contributed by atoms with Gasteiger partial charge in [0.1, 0.15) is 5.75 Å². The molecule has 0 unspecified atom stereocenters. The van der Waals surface area contributed by atoms with Crippen LogP contribution in [-0.4, -0.2) is 41.7 Å². The number of para-hydroxylation sites is 1. The summed E-state index contributed by atoms with van der Waals surface area (Å²) in [5.41, 5.74) is 1.05. The number of nitrogens with zero attached hydrogens (tertiary/aromatic N) is 2. The number of rotatable bonds is 4. The van der Waals surface area contributed by atoms with E-state index in [9.17, 15) is 4.79 Å². The molecule has 0 spiro atoms. The van der Waals surface area contributed by atoms with E-state index in [0.717, 1.165) is 5.69 Å². The van der Waals surface area contributed by atoms with E-state index < -0.39 is 0 Å². The third-order valence-electron chi connectivity index (χ3n) is 3.96. The van der Waals surface area contributed by atoms with Gasteiger partial charge in [-0.1, -0.05) is 23.7 Å². The molecule has 0 aliphatic carbocycles. The molecular formula is C17H19ClN2O3. The Morgan fingerprint density at radius 3 is 2.91 bits per heavy atom. The van der Waals surface area contributed by atoms with E-state index in [2.05, 4.69) is 0 Å². The Balaban J connectivity index is 1.69. The van der Waals surface area contributed by atoms with Crippen LogP contribution in [0.5, 0.6) is 5.75 Å². The summed E-state index contributed by atoms with van der Waals surface area (Å²) in [4.78, 5) is 14.4. The molecule has 1 saturated heterocycles. The van der Waals surface area contributed by atoms with E-state index in [1.165, 1.54) is 0 Å². The maximum Gasteiger partial charge on any atom is 0.261 e. The van der Waals surface area contributed by atoms with Gasteiger partial charge in [-0.3, -0.25) is 4.79 Å². The van der Waals surface area contributed by atoms with Gasteiger partial charge in [0.2, 0.25) is 0 Å². The molecule has 5 nitrogen and oxygen atoms in total. The molecule has 1 aliphatic heterocycles. The van der Waals surface area contributed by atoms with Gasteiger partial charge < -0.3 is 18.9 Å². The number of hydrogen-bond donors (Lipinski definition) is 0. The molecule has 2 aromatic rings. The van der Waals surface area contributed by atoms with Gasteiger partial charge in [0, 0.05) is 25.5 Å². The predicted octanol–water partition coefficient (Wildman–Crippen LogP) is 2.66. The average Bonchev–Trinajstić information content (AvgIpc) is 3.00. The highest BCUT2D eigenvalue weighted by Gasteiger charge is 2.30. The molecule has 0 N–H and O–H groups in total. The zero-order valence-corrected chi connectivity index (χ0v) is 13.7. The van der Waals surface area contributed by atoms with E-state index in [1.807, 2.05) is 47.0 Å². The van der Waals surface area contributed by atoms with Crippen molar-refractivity contribution in [1.82, 2.24) is 9.47 Å². The van der Waals surface area contributed by atoms with Crippen molar-refractivity contribution in [2.75, 3.05) is 26.4 Å².